The van der Waals surface area contributed by atoms with Gasteiger partial charge < -0.3 is 0 Å². The van der Waals surface area contributed by atoms with E-state index in [1.807, 2.05) is 35.7 Å². The van der Waals surface area contributed by atoms with Gasteiger partial charge in [0.15, 0.2) is 5.65 Å². The Morgan fingerprint density at radius 2 is 2.07 bits per heavy atom. The highest BCUT2D eigenvalue weighted by Gasteiger charge is 2.06. The summed E-state index contributed by atoms with van der Waals surface area (Å²) in [6.07, 6.45) is 1.71. The second-order valence-corrected chi connectivity index (χ2v) is 3.24. The minimum Gasteiger partial charge on any atom is -0.215 e. The Labute approximate surface area is 80.2 Å². The summed E-state index contributed by atoms with van der Waals surface area (Å²) in [7, 11) is 0. The number of hydrogen-bond donors (Lipinski definition) is 0. The highest BCUT2D eigenvalue weighted by Crippen LogP contribution is 2.16. The Morgan fingerprint density at radius 3 is 3.00 bits per heavy atom. The van der Waals surface area contributed by atoms with Crippen LogP contribution in [0.5, 0.6) is 0 Å². The standard InChI is InChI=1S/C10H8N4/c1-7-6-11-12-10-8-4-2-3-5-9(8)13-14(7)10/h2-6H,1H3. The largest absolute Gasteiger partial charge is 0.215 e. The Kier molecular flexibility index (Phi) is 1.33. The third kappa shape index (κ3) is 0.849. The van der Waals surface area contributed by atoms with Crippen LogP contribution in [0.1, 0.15) is 5.69 Å². The van der Waals surface area contributed by atoms with Crippen LogP contribution in [0.3, 0.4) is 0 Å². The maximum atomic E-state index is 4.43. The van der Waals surface area contributed by atoms with Gasteiger partial charge in [-0.3, -0.25) is 0 Å². The molecule has 2 heterocycles. The summed E-state index contributed by atoms with van der Waals surface area (Å²) in [4.78, 5) is 0. The van der Waals surface area contributed by atoms with Gasteiger partial charge in [-0.25, -0.2) is 4.52 Å². The third-order valence-corrected chi connectivity index (χ3v) is 2.28. The Balaban J connectivity index is 2.63. The summed E-state index contributed by atoms with van der Waals surface area (Å²) in [5.74, 6) is 0. The van der Waals surface area contributed by atoms with Crippen molar-refractivity contribution in [1.82, 2.24) is 19.8 Å². The molecule has 0 saturated heterocycles. The van der Waals surface area contributed by atoms with Crippen LogP contribution in [-0.4, -0.2) is 19.8 Å². The van der Waals surface area contributed by atoms with E-state index in [-0.39, 0.29) is 0 Å². The van der Waals surface area contributed by atoms with E-state index in [9.17, 15) is 0 Å². The fourth-order valence-electron chi connectivity index (χ4n) is 1.58. The fourth-order valence-corrected chi connectivity index (χ4v) is 1.58. The highest BCUT2D eigenvalue weighted by molar-refractivity contribution is 5.91. The van der Waals surface area contributed by atoms with Crippen LogP contribution < -0.4 is 0 Å². The number of aryl methyl sites for hydroxylation is 1. The molecule has 0 amide bonds. The summed E-state index contributed by atoms with van der Waals surface area (Å²) in [5, 5.41) is 13.5. The van der Waals surface area contributed by atoms with E-state index in [0.29, 0.717) is 0 Å². The third-order valence-electron chi connectivity index (χ3n) is 2.28. The maximum absolute atomic E-state index is 4.43. The second kappa shape index (κ2) is 2.51. The lowest BCUT2D eigenvalue weighted by atomic mass is 10.2. The molecule has 4 nitrogen and oxygen atoms in total. The van der Waals surface area contributed by atoms with E-state index in [2.05, 4.69) is 15.3 Å². The van der Waals surface area contributed by atoms with Crippen LogP contribution in [0.2, 0.25) is 0 Å². The fraction of sp³-hybridized carbons (Fsp3) is 0.100. The van der Waals surface area contributed by atoms with Crippen LogP contribution in [0.25, 0.3) is 16.6 Å². The van der Waals surface area contributed by atoms with E-state index in [4.69, 9.17) is 0 Å². The lowest BCUT2D eigenvalue weighted by Gasteiger charge is -1.93. The summed E-state index contributed by atoms with van der Waals surface area (Å²) in [5.41, 5.74) is 2.77. The molecule has 0 radical (unpaired) electrons. The molecule has 68 valence electrons. The summed E-state index contributed by atoms with van der Waals surface area (Å²) >= 11 is 0. The van der Waals surface area contributed by atoms with E-state index < -0.39 is 0 Å². The van der Waals surface area contributed by atoms with Gasteiger partial charge in [-0.05, 0) is 19.1 Å². The first-order valence-corrected chi connectivity index (χ1v) is 4.42. The normalized spacial score (nSPS) is 11.2. The number of aromatic nitrogens is 4. The second-order valence-electron chi connectivity index (χ2n) is 3.24. The number of fused-ring (bicyclic) bond motifs is 3. The van der Waals surface area contributed by atoms with Gasteiger partial charge in [0.05, 0.1) is 17.4 Å². The number of benzene rings is 1. The molecule has 1 aromatic carbocycles. The average Bonchev–Trinajstić information content (AvgIpc) is 2.59. The number of hydrogen-bond acceptors (Lipinski definition) is 3. The molecule has 0 N–H and O–H groups in total. The Hall–Kier alpha value is -1.97. The minimum atomic E-state index is 0.820. The molecule has 0 aliphatic rings. The lowest BCUT2D eigenvalue weighted by Crippen LogP contribution is -1.96. The van der Waals surface area contributed by atoms with Crippen molar-refractivity contribution in [3.8, 4) is 0 Å². The quantitative estimate of drug-likeness (QED) is 0.532. The molecule has 2 aromatic heterocycles. The molecule has 3 aromatic rings. The first-order chi connectivity index (χ1) is 6.86. The Morgan fingerprint density at radius 1 is 1.21 bits per heavy atom. The predicted molar refractivity (Wildman–Crippen MR) is 53.0 cm³/mol. The molecular formula is C10H8N4. The van der Waals surface area contributed by atoms with Crippen molar-refractivity contribution < 1.29 is 0 Å². The topological polar surface area (TPSA) is 43.1 Å². The maximum Gasteiger partial charge on any atom is 0.185 e. The van der Waals surface area contributed by atoms with Crippen molar-refractivity contribution >= 4 is 16.6 Å². The van der Waals surface area contributed by atoms with Gasteiger partial charge in [-0.15, -0.1) is 5.10 Å². The lowest BCUT2D eigenvalue weighted by molar-refractivity contribution is 0.859. The Bertz CT molecular complexity index is 612. The molecule has 3 rings (SSSR count). The van der Waals surface area contributed by atoms with Crippen molar-refractivity contribution in [2.75, 3.05) is 0 Å². The monoisotopic (exact) mass is 184 g/mol. The molecule has 0 spiro atoms. The average molecular weight is 184 g/mol. The summed E-state index contributed by atoms with van der Waals surface area (Å²) in [6, 6.07) is 7.93. The van der Waals surface area contributed by atoms with Crippen LogP contribution in [-0.2, 0) is 0 Å². The van der Waals surface area contributed by atoms with E-state index in [1.54, 1.807) is 6.20 Å². The first kappa shape index (κ1) is 7.44. The van der Waals surface area contributed by atoms with E-state index in [1.165, 1.54) is 0 Å². The highest BCUT2D eigenvalue weighted by atomic mass is 15.3. The van der Waals surface area contributed by atoms with Gasteiger partial charge in [0, 0.05) is 5.39 Å². The predicted octanol–water partition coefficient (Wildman–Crippen LogP) is 1.59. The molecule has 4 heteroatoms. The van der Waals surface area contributed by atoms with Crippen LogP contribution >= 0.6 is 0 Å². The van der Waals surface area contributed by atoms with Crippen molar-refractivity contribution in [1.29, 1.82) is 0 Å². The van der Waals surface area contributed by atoms with Gasteiger partial charge in [0.2, 0.25) is 0 Å². The van der Waals surface area contributed by atoms with Crippen LogP contribution in [0.4, 0.5) is 0 Å². The van der Waals surface area contributed by atoms with Crippen LogP contribution in [0, 0.1) is 6.92 Å². The van der Waals surface area contributed by atoms with Gasteiger partial charge in [-0.2, -0.15) is 10.2 Å². The minimum absolute atomic E-state index is 0.820. The molecule has 0 aliphatic carbocycles. The zero-order valence-electron chi connectivity index (χ0n) is 7.68. The first-order valence-electron chi connectivity index (χ1n) is 4.42. The van der Waals surface area contributed by atoms with E-state index in [0.717, 1.165) is 22.2 Å². The molecule has 0 unspecified atom stereocenters. The van der Waals surface area contributed by atoms with Crippen LogP contribution in [0.15, 0.2) is 30.5 Å². The molecule has 0 aliphatic heterocycles. The SMILES string of the molecule is Cc1cnnc2c3ccccc3nn12. The molecule has 14 heavy (non-hydrogen) atoms. The van der Waals surface area contributed by atoms with Gasteiger partial charge in [0.25, 0.3) is 0 Å². The number of nitrogens with zero attached hydrogens (tertiary/aromatic N) is 4. The zero-order chi connectivity index (χ0) is 9.54. The molecular weight excluding hydrogens is 176 g/mol. The summed E-state index contributed by atoms with van der Waals surface area (Å²) in [6.45, 7) is 1.97. The molecule has 0 fully saturated rings. The van der Waals surface area contributed by atoms with Crippen molar-refractivity contribution in [2.24, 2.45) is 0 Å². The summed E-state index contributed by atoms with van der Waals surface area (Å²) < 4.78 is 1.82. The van der Waals surface area contributed by atoms with E-state index >= 15 is 0 Å². The van der Waals surface area contributed by atoms with Crippen molar-refractivity contribution in [3.05, 3.63) is 36.2 Å². The molecule has 0 atom stereocenters. The van der Waals surface area contributed by atoms with Gasteiger partial charge >= 0.3 is 0 Å². The number of rotatable bonds is 0. The van der Waals surface area contributed by atoms with Crippen molar-refractivity contribution in [3.63, 3.8) is 0 Å². The molecule has 0 saturated carbocycles. The smallest absolute Gasteiger partial charge is 0.185 e. The molecule has 0 bridgehead atoms. The zero-order valence-corrected chi connectivity index (χ0v) is 7.68. The van der Waals surface area contributed by atoms with Gasteiger partial charge in [0.1, 0.15) is 0 Å². The van der Waals surface area contributed by atoms with Gasteiger partial charge in [-0.1, -0.05) is 12.1 Å². The van der Waals surface area contributed by atoms with Crippen molar-refractivity contribution in [2.45, 2.75) is 6.92 Å².